The molecule has 0 fully saturated rings. The molecule has 18 heavy (non-hydrogen) atoms. The second kappa shape index (κ2) is 5.36. The number of rotatable bonds is 5. The van der Waals surface area contributed by atoms with Gasteiger partial charge in [-0.1, -0.05) is 49.3 Å². The standard InChI is InChI=1S/C15H19NO2/c1-3-6-13(15(17)18)16-14-10(2)9-11-7-4-5-8-12(11)14/h4-5,7-9,13-14,16H,3,6H2,1-2H3,(H,17,18)/t13-,14+/m1/s1. The van der Waals surface area contributed by atoms with E-state index in [0.717, 1.165) is 6.42 Å². The highest BCUT2D eigenvalue weighted by atomic mass is 16.4. The van der Waals surface area contributed by atoms with Crippen LogP contribution < -0.4 is 5.32 Å². The SMILES string of the molecule is CCC[C@@H](N[C@H]1C(C)=Cc2ccccc21)C(=O)O. The molecular formula is C15H19NO2. The summed E-state index contributed by atoms with van der Waals surface area (Å²) in [6.07, 6.45) is 3.64. The van der Waals surface area contributed by atoms with Crippen molar-refractivity contribution in [2.24, 2.45) is 0 Å². The Labute approximate surface area is 108 Å². The van der Waals surface area contributed by atoms with Gasteiger partial charge in [-0.2, -0.15) is 0 Å². The molecule has 1 aliphatic carbocycles. The Morgan fingerprint density at radius 1 is 1.44 bits per heavy atom. The van der Waals surface area contributed by atoms with Crippen LogP contribution in [0.25, 0.3) is 6.08 Å². The van der Waals surface area contributed by atoms with Crippen molar-refractivity contribution in [1.82, 2.24) is 5.32 Å². The summed E-state index contributed by atoms with van der Waals surface area (Å²) in [4.78, 5) is 11.2. The molecule has 2 atom stereocenters. The van der Waals surface area contributed by atoms with Gasteiger partial charge in [0.2, 0.25) is 0 Å². The molecule has 1 aliphatic rings. The summed E-state index contributed by atoms with van der Waals surface area (Å²) in [5, 5.41) is 12.5. The Kier molecular flexibility index (Phi) is 3.82. The van der Waals surface area contributed by atoms with Crippen LogP contribution in [0.5, 0.6) is 0 Å². The van der Waals surface area contributed by atoms with Gasteiger partial charge in [0.05, 0.1) is 6.04 Å². The quantitative estimate of drug-likeness (QED) is 0.838. The first kappa shape index (κ1) is 12.8. The van der Waals surface area contributed by atoms with E-state index in [2.05, 4.69) is 23.5 Å². The van der Waals surface area contributed by atoms with Crippen molar-refractivity contribution in [3.63, 3.8) is 0 Å². The van der Waals surface area contributed by atoms with E-state index in [9.17, 15) is 9.90 Å². The van der Waals surface area contributed by atoms with Gasteiger partial charge in [0.25, 0.3) is 0 Å². The number of carboxylic acids is 1. The van der Waals surface area contributed by atoms with E-state index in [0.29, 0.717) is 6.42 Å². The average Bonchev–Trinajstić information content (AvgIpc) is 2.65. The first-order valence-electron chi connectivity index (χ1n) is 6.39. The molecule has 1 aromatic rings. The monoisotopic (exact) mass is 245 g/mol. The van der Waals surface area contributed by atoms with Gasteiger partial charge >= 0.3 is 5.97 Å². The number of carbonyl (C=O) groups is 1. The van der Waals surface area contributed by atoms with Gasteiger partial charge in [-0.15, -0.1) is 0 Å². The number of carboxylic acid groups (broad SMARTS) is 1. The lowest BCUT2D eigenvalue weighted by molar-refractivity contribution is -0.139. The fraction of sp³-hybridized carbons (Fsp3) is 0.400. The van der Waals surface area contributed by atoms with Gasteiger partial charge in [0, 0.05) is 0 Å². The molecule has 2 N–H and O–H groups in total. The van der Waals surface area contributed by atoms with E-state index < -0.39 is 12.0 Å². The molecule has 0 unspecified atom stereocenters. The minimum absolute atomic E-state index is 0.0360. The first-order chi connectivity index (χ1) is 8.63. The highest BCUT2D eigenvalue weighted by molar-refractivity contribution is 5.74. The molecule has 1 aromatic carbocycles. The Morgan fingerprint density at radius 2 is 2.17 bits per heavy atom. The Morgan fingerprint density at radius 3 is 2.83 bits per heavy atom. The Bertz CT molecular complexity index is 479. The van der Waals surface area contributed by atoms with Crippen molar-refractivity contribution in [1.29, 1.82) is 0 Å². The molecule has 3 nitrogen and oxygen atoms in total. The van der Waals surface area contributed by atoms with E-state index in [4.69, 9.17) is 0 Å². The minimum Gasteiger partial charge on any atom is -0.480 e. The third-order valence-electron chi connectivity index (χ3n) is 3.39. The molecule has 0 saturated carbocycles. The molecule has 0 amide bonds. The molecule has 2 rings (SSSR count). The average molecular weight is 245 g/mol. The van der Waals surface area contributed by atoms with Crippen LogP contribution in [0.2, 0.25) is 0 Å². The van der Waals surface area contributed by atoms with Crippen LogP contribution in [0.3, 0.4) is 0 Å². The first-order valence-corrected chi connectivity index (χ1v) is 6.39. The maximum absolute atomic E-state index is 11.2. The summed E-state index contributed by atoms with van der Waals surface area (Å²) in [5.41, 5.74) is 3.55. The molecule has 0 spiro atoms. The van der Waals surface area contributed by atoms with Crippen LogP contribution in [0.4, 0.5) is 0 Å². The number of hydrogen-bond donors (Lipinski definition) is 2. The number of aliphatic carboxylic acids is 1. The van der Waals surface area contributed by atoms with Crippen molar-refractivity contribution in [2.75, 3.05) is 0 Å². The summed E-state index contributed by atoms with van der Waals surface area (Å²) in [5.74, 6) is -0.769. The van der Waals surface area contributed by atoms with Crippen molar-refractivity contribution in [3.8, 4) is 0 Å². The topological polar surface area (TPSA) is 49.3 Å². The number of fused-ring (bicyclic) bond motifs is 1. The summed E-state index contributed by atoms with van der Waals surface area (Å²) in [6, 6.07) is 7.69. The van der Waals surface area contributed by atoms with E-state index >= 15 is 0 Å². The molecule has 0 aromatic heterocycles. The van der Waals surface area contributed by atoms with Gasteiger partial charge in [0.15, 0.2) is 0 Å². The molecule has 0 aliphatic heterocycles. The molecule has 0 bridgehead atoms. The highest BCUT2D eigenvalue weighted by Gasteiger charge is 2.27. The fourth-order valence-electron chi connectivity index (χ4n) is 2.47. The summed E-state index contributed by atoms with van der Waals surface area (Å²) < 4.78 is 0. The second-order valence-corrected chi connectivity index (χ2v) is 4.80. The van der Waals surface area contributed by atoms with Crippen molar-refractivity contribution in [3.05, 3.63) is 41.0 Å². The van der Waals surface area contributed by atoms with E-state index in [-0.39, 0.29) is 6.04 Å². The summed E-state index contributed by atoms with van der Waals surface area (Å²) in [6.45, 7) is 4.05. The zero-order valence-electron chi connectivity index (χ0n) is 10.8. The normalized spacial score (nSPS) is 19.2. The van der Waals surface area contributed by atoms with Gasteiger partial charge in [-0.3, -0.25) is 10.1 Å². The third-order valence-corrected chi connectivity index (χ3v) is 3.39. The zero-order chi connectivity index (χ0) is 13.1. The Hall–Kier alpha value is -1.61. The predicted molar refractivity (Wildman–Crippen MR) is 72.3 cm³/mol. The predicted octanol–water partition coefficient (Wildman–Crippen LogP) is 2.99. The molecular weight excluding hydrogens is 226 g/mol. The largest absolute Gasteiger partial charge is 0.480 e. The van der Waals surface area contributed by atoms with E-state index in [1.165, 1.54) is 16.7 Å². The minimum atomic E-state index is -0.769. The van der Waals surface area contributed by atoms with Crippen molar-refractivity contribution in [2.45, 2.75) is 38.8 Å². The van der Waals surface area contributed by atoms with E-state index in [1.807, 2.05) is 26.0 Å². The van der Waals surface area contributed by atoms with Crippen LogP contribution in [0.15, 0.2) is 29.8 Å². The van der Waals surface area contributed by atoms with Gasteiger partial charge in [0.1, 0.15) is 6.04 Å². The summed E-state index contributed by atoms with van der Waals surface area (Å²) in [7, 11) is 0. The molecule has 3 heteroatoms. The molecule has 96 valence electrons. The van der Waals surface area contributed by atoms with Crippen LogP contribution in [0, 0.1) is 0 Å². The Balaban J connectivity index is 2.19. The lowest BCUT2D eigenvalue weighted by Crippen LogP contribution is -2.39. The molecule has 0 saturated heterocycles. The zero-order valence-corrected chi connectivity index (χ0v) is 10.8. The number of nitrogens with one attached hydrogen (secondary N) is 1. The van der Waals surface area contributed by atoms with Crippen molar-refractivity contribution < 1.29 is 9.90 Å². The van der Waals surface area contributed by atoms with Gasteiger partial charge < -0.3 is 5.11 Å². The smallest absolute Gasteiger partial charge is 0.320 e. The maximum Gasteiger partial charge on any atom is 0.320 e. The van der Waals surface area contributed by atoms with Crippen LogP contribution >= 0.6 is 0 Å². The molecule has 0 radical (unpaired) electrons. The molecule has 0 heterocycles. The van der Waals surface area contributed by atoms with Crippen LogP contribution in [0.1, 0.15) is 43.9 Å². The van der Waals surface area contributed by atoms with Crippen molar-refractivity contribution >= 4 is 12.0 Å². The number of benzene rings is 1. The summed E-state index contributed by atoms with van der Waals surface area (Å²) >= 11 is 0. The van der Waals surface area contributed by atoms with E-state index in [1.54, 1.807) is 0 Å². The lowest BCUT2D eigenvalue weighted by atomic mass is 10.0. The highest BCUT2D eigenvalue weighted by Crippen LogP contribution is 2.34. The maximum atomic E-state index is 11.2. The second-order valence-electron chi connectivity index (χ2n) is 4.80. The number of hydrogen-bond acceptors (Lipinski definition) is 2. The van der Waals surface area contributed by atoms with Gasteiger partial charge in [-0.05, 0) is 24.5 Å². The van der Waals surface area contributed by atoms with Crippen LogP contribution in [-0.2, 0) is 4.79 Å². The van der Waals surface area contributed by atoms with Gasteiger partial charge in [-0.25, -0.2) is 0 Å². The van der Waals surface area contributed by atoms with Crippen LogP contribution in [-0.4, -0.2) is 17.1 Å². The third kappa shape index (κ3) is 2.46. The lowest BCUT2D eigenvalue weighted by Gasteiger charge is -2.21. The fourth-order valence-corrected chi connectivity index (χ4v) is 2.47.